The minimum absolute atomic E-state index is 0.309. The van der Waals surface area contributed by atoms with Crippen LogP contribution in [0.5, 0.6) is 5.75 Å². The second-order valence-electron chi connectivity index (χ2n) is 4.45. The molecule has 0 N–H and O–H groups in total. The standard InChI is InChI=1S/C15H16N2O/c1-12(13-6-3-2-4-7-13)17-10-11-18-14-8-5-9-16-15(14)17/h2-9,12H,10-11H2,1H3. The molecule has 1 aromatic carbocycles. The van der Waals surface area contributed by atoms with Crippen molar-refractivity contribution in [3.8, 4) is 5.75 Å². The van der Waals surface area contributed by atoms with E-state index < -0.39 is 0 Å². The second kappa shape index (κ2) is 4.69. The summed E-state index contributed by atoms with van der Waals surface area (Å²) in [5.41, 5.74) is 1.30. The lowest BCUT2D eigenvalue weighted by Gasteiger charge is -2.34. The number of fused-ring (bicyclic) bond motifs is 1. The molecule has 3 nitrogen and oxygen atoms in total. The fourth-order valence-corrected chi connectivity index (χ4v) is 2.36. The monoisotopic (exact) mass is 240 g/mol. The number of pyridine rings is 1. The van der Waals surface area contributed by atoms with Crippen LogP contribution in [0.15, 0.2) is 48.7 Å². The molecule has 92 valence electrons. The number of hydrogen-bond acceptors (Lipinski definition) is 3. The number of aromatic nitrogens is 1. The Kier molecular flexibility index (Phi) is 2.89. The van der Waals surface area contributed by atoms with Crippen LogP contribution in [-0.4, -0.2) is 18.1 Å². The van der Waals surface area contributed by atoms with Gasteiger partial charge in [0.15, 0.2) is 11.6 Å². The Morgan fingerprint density at radius 2 is 2.00 bits per heavy atom. The molecule has 18 heavy (non-hydrogen) atoms. The first-order valence-corrected chi connectivity index (χ1v) is 6.25. The summed E-state index contributed by atoms with van der Waals surface area (Å²) in [6.45, 7) is 3.80. The first-order valence-electron chi connectivity index (χ1n) is 6.25. The molecule has 2 aromatic rings. The minimum Gasteiger partial charge on any atom is -0.488 e. The van der Waals surface area contributed by atoms with Crippen molar-refractivity contribution in [2.75, 3.05) is 18.1 Å². The van der Waals surface area contributed by atoms with Gasteiger partial charge in [-0.25, -0.2) is 4.98 Å². The van der Waals surface area contributed by atoms with Gasteiger partial charge in [0.05, 0.1) is 12.6 Å². The third-order valence-electron chi connectivity index (χ3n) is 3.36. The Hall–Kier alpha value is -2.03. The normalized spacial score (nSPS) is 15.7. The van der Waals surface area contributed by atoms with Crippen molar-refractivity contribution >= 4 is 5.82 Å². The molecular weight excluding hydrogens is 224 g/mol. The molecule has 2 heterocycles. The van der Waals surface area contributed by atoms with Crippen LogP contribution in [0.2, 0.25) is 0 Å². The van der Waals surface area contributed by atoms with Crippen molar-refractivity contribution < 1.29 is 4.74 Å². The minimum atomic E-state index is 0.309. The molecule has 0 radical (unpaired) electrons. The van der Waals surface area contributed by atoms with Crippen molar-refractivity contribution in [1.29, 1.82) is 0 Å². The van der Waals surface area contributed by atoms with Crippen LogP contribution < -0.4 is 9.64 Å². The van der Waals surface area contributed by atoms with Crippen LogP contribution in [0, 0.1) is 0 Å². The quantitative estimate of drug-likeness (QED) is 0.806. The first kappa shape index (κ1) is 11.1. The average Bonchev–Trinajstić information content (AvgIpc) is 2.47. The molecule has 0 amide bonds. The van der Waals surface area contributed by atoms with Gasteiger partial charge in [0.1, 0.15) is 6.61 Å². The summed E-state index contributed by atoms with van der Waals surface area (Å²) in [4.78, 5) is 6.75. The van der Waals surface area contributed by atoms with Crippen molar-refractivity contribution in [3.63, 3.8) is 0 Å². The van der Waals surface area contributed by atoms with Gasteiger partial charge in [-0.3, -0.25) is 0 Å². The summed E-state index contributed by atoms with van der Waals surface area (Å²) in [6, 6.07) is 14.7. The molecule has 3 heteroatoms. The first-order chi connectivity index (χ1) is 8.86. The lowest BCUT2D eigenvalue weighted by molar-refractivity contribution is 0.299. The number of rotatable bonds is 2. The van der Waals surface area contributed by atoms with Crippen molar-refractivity contribution in [2.24, 2.45) is 0 Å². The predicted molar refractivity (Wildman–Crippen MR) is 71.9 cm³/mol. The largest absolute Gasteiger partial charge is 0.488 e. The highest BCUT2D eigenvalue weighted by atomic mass is 16.5. The summed E-state index contributed by atoms with van der Waals surface area (Å²) in [6.07, 6.45) is 1.82. The van der Waals surface area contributed by atoms with E-state index in [0.717, 1.165) is 24.7 Å². The lowest BCUT2D eigenvalue weighted by Crippen LogP contribution is -2.35. The molecule has 1 aromatic heterocycles. The highest BCUT2D eigenvalue weighted by Crippen LogP contribution is 2.34. The summed E-state index contributed by atoms with van der Waals surface area (Å²) in [7, 11) is 0. The number of anilines is 1. The van der Waals surface area contributed by atoms with Crippen LogP contribution in [-0.2, 0) is 0 Å². The zero-order chi connectivity index (χ0) is 12.4. The summed E-state index contributed by atoms with van der Waals surface area (Å²) < 4.78 is 5.64. The third kappa shape index (κ3) is 1.92. The number of benzene rings is 1. The SMILES string of the molecule is CC(c1ccccc1)N1CCOc2cccnc21. The maximum absolute atomic E-state index is 5.64. The van der Waals surface area contributed by atoms with E-state index in [-0.39, 0.29) is 0 Å². The van der Waals surface area contributed by atoms with E-state index in [9.17, 15) is 0 Å². The van der Waals surface area contributed by atoms with E-state index in [2.05, 4.69) is 41.1 Å². The van der Waals surface area contributed by atoms with E-state index >= 15 is 0 Å². The average molecular weight is 240 g/mol. The molecule has 3 rings (SSSR count). The van der Waals surface area contributed by atoms with Gasteiger partial charge in [0.25, 0.3) is 0 Å². The van der Waals surface area contributed by atoms with Gasteiger partial charge in [-0.15, -0.1) is 0 Å². The molecule has 1 aliphatic heterocycles. The maximum Gasteiger partial charge on any atom is 0.172 e. The van der Waals surface area contributed by atoms with Gasteiger partial charge in [-0.1, -0.05) is 30.3 Å². The second-order valence-corrected chi connectivity index (χ2v) is 4.45. The fourth-order valence-electron chi connectivity index (χ4n) is 2.36. The molecular formula is C15H16N2O. The predicted octanol–water partition coefficient (Wildman–Crippen LogP) is 3.04. The number of ether oxygens (including phenoxy) is 1. The van der Waals surface area contributed by atoms with Gasteiger partial charge in [0.2, 0.25) is 0 Å². The van der Waals surface area contributed by atoms with Crippen molar-refractivity contribution in [3.05, 3.63) is 54.2 Å². The molecule has 1 atom stereocenters. The van der Waals surface area contributed by atoms with Gasteiger partial charge >= 0.3 is 0 Å². The van der Waals surface area contributed by atoms with E-state index in [0.29, 0.717) is 6.04 Å². The summed E-state index contributed by atoms with van der Waals surface area (Å²) in [5, 5.41) is 0. The van der Waals surface area contributed by atoms with Gasteiger partial charge < -0.3 is 9.64 Å². The summed E-state index contributed by atoms with van der Waals surface area (Å²) in [5.74, 6) is 1.83. The Morgan fingerprint density at radius 1 is 1.17 bits per heavy atom. The van der Waals surface area contributed by atoms with E-state index in [4.69, 9.17) is 4.74 Å². The Morgan fingerprint density at radius 3 is 2.83 bits per heavy atom. The van der Waals surface area contributed by atoms with Crippen LogP contribution >= 0.6 is 0 Å². The van der Waals surface area contributed by atoms with E-state index in [1.54, 1.807) is 0 Å². The van der Waals surface area contributed by atoms with E-state index in [1.807, 2.05) is 24.4 Å². The Bertz CT molecular complexity index is 527. The molecule has 0 saturated heterocycles. The Balaban J connectivity index is 1.94. The molecule has 1 aliphatic rings. The number of hydrogen-bond donors (Lipinski definition) is 0. The zero-order valence-corrected chi connectivity index (χ0v) is 10.4. The highest BCUT2D eigenvalue weighted by molar-refractivity contribution is 5.55. The van der Waals surface area contributed by atoms with Crippen molar-refractivity contribution in [1.82, 2.24) is 4.98 Å². The van der Waals surface area contributed by atoms with Crippen LogP contribution in [0.4, 0.5) is 5.82 Å². The van der Waals surface area contributed by atoms with Gasteiger partial charge in [-0.2, -0.15) is 0 Å². The fraction of sp³-hybridized carbons (Fsp3) is 0.267. The van der Waals surface area contributed by atoms with Gasteiger partial charge in [-0.05, 0) is 24.6 Å². The highest BCUT2D eigenvalue weighted by Gasteiger charge is 2.24. The van der Waals surface area contributed by atoms with Gasteiger partial charge in [0, 0.05) is 6.20 Å². The smallest absolute Gasteiger partial charge is 0.172 e. The Labute approximate surface area is 107 Å². The molecule has 0 spiro atoms. The maximum atomic E-state index is 5.64. The van der Waals surface area contributed by atoms with Crippen LogP contribution in [0.1, 0.15) is 18.5 Å². The van der Waals surface area contributed by atoms with Crippen molar-refractivity contribution in [2.45, 2.75) is 13.0 Å². The molecule has 0 saturated carbocycles. The lowest BCUT2D eigenvalue weighted by atomic mass is 10.1. The zero-order valence-electron chi connectivity index (χ0n) is 10.4. The van der Waals surface area contributed by atoms with Crippen LogP contribution in [0.3, 0.4) is 0 Å². The van der Waals surface area contributed by atoms with E-state index in [1.165, 1.54) is 5.56 Å². The van der Waals surface area contributed by atoms with Crippen LogP contribution in [0.25, 0.3) is 0 Å². The molecule has 0 fully saturated rings. The number of nitrogens with zero attached hydrogens (tertiary/aromatic N) is 2. The molecule has 0 bridgehead atoms. The topological polar surface area (TPSA) is 25.4 Å². The molecule has 1 unspecified atom stereocenters. The molecule has 0 aliphatic carbocycles. The third-order valence-corrected chi connectivity index (χ3v) is 3.36. The summed E-state index contributed by atoms with van der Waals surface area (Å²) >= 11 is 0.